The summed E-state index contributed by atoms with van der Waals surface area (Å²) in [6.45, 7) is 1.21. The second-order valence-electron chi connectivity index (χ2n) is 6.89. The Morgan fingerprint density at radius 2 is 2.00 bits per heavy atom. The number of rotatable bonds is 5. The first-order valence-corrected chi connectivity index (χ1v) is 10.2. The molecule has 160 valence electrons. The number of halogens is 4. The van der Waals surface area contributed by atoms with Crippen LogP contribution in [-0.2, 0) is 11.0 Å². The summed E-state index contributed by atoms with van der Waals surface area (Å²) in [6.07, 6.45) is 0.986. The normalized spacial score (nSPS) is 15.4. The number of nitrogens with one attached hydrogen (secondary N) is 1. The quantitative estimate of drug-likeness (QED) is 0.627. The molecule has 0 spiro atoms. The van der Waals surface area contributed by atoms with Crippen LogP contribution in [0.25, 0.3) is 6.08 Å². The van der Waals surface area contributed by atoms with Gasteiger partial charge in [-0.3, -0.25) is 4.79 Å². The van der Waals surface area contributed by atoms with E-state index in [1.54, 1.807) is 13.2 Å². The predicted molar refractivity (Wildman–Crippen MR) is 112 cm³/mol. The summed E-state index contributed by atoms with van der Waals surface area (Å²) >= 11 is 3.40. The molecule has 1 saturated heterocycles. The molecule has 30 heavy (non-hydrogen) atoms. The Morgan fingerprint density at radius 3 is 2.60 bits per heavy atom. The molecule has 0 unspecified atom stereocenters. The number of carbonyl (C=O) groups excluding carboxylic acids is 1. The first-order valence-electron chi connectivity index (χ1n) is 9.36. The van der Waals surface area contributed by atoms with Crippen LogP contribution in [0.15, 0.2) is 47.1 Å². The van der Waals surface area contributed by atoms with Gasteiger partial charge in [0.05, 0.1) is 12.7 Å². The number of pyridine rings is 1. The largest absolute Gasteiger partial charge is 0.496 e. The number of hydrogen-bond acceptors (Lipinski definition) is 4. The molecule has 0 atom stereocenters. The van der Waals surface area contributed by atoms with E-state index in [1.807, 2.05) is 23.1 Å². The fraction of sp³-hybridized carbons (Fsp3) is 0.333. The van der Waals surface area contributed by atoms with Crippen LogP contribution in [0.3, 0.4) is 0 Å². The van der Waals surface area contributed by atoms with Crippen LogP contribution in [0.5, 0.6) is 5.75 Å². The number of alkyl halides is 3. The minimum Gasteiger partial charge on any atom is -0.496 e. The molecule has 9 heteroatoms. The molecule has 0 saturated carbocycles. The number of aromatic nitrogens is 1. The lowest BCUT2D eigenvalue weighted by atomic mass is 10.0. The van der Waals surface area contributed by atoms with Crippen LogP contribution in [-0.4, -0.2) is 37.1 Å². The van der Waals surface area contributed by atoms with E-state index in [2.05, 4.69) is 26.2 Å². The van der Waals surface area contributed by atoms with Crippen molar-refractivity contribution in [3.63, 3.8) is 0 Å². The Bertz CT molecular complexity index is 909. The van der Waals surface area contributed by atoms with Crippen molar-refractivity contribution >= 4 is 33.7 Å². The topological polar surface area (TPSA) is 54.5 Å². The second kappa shape index (κ2) is 9.51. The van der Waals surface area contributed by atoms with Crippen molar-refractivity contribution in [1.29, 1.82) is 0 Å². The molecule has 1 fully saturated rings. The lowest BCUT2D eigenvalue weighted by Gasteiger charge is -2.33. The molecule has 1 aliphatic heterocycles. The number of benzene rings is 1. The smallest absolute Gasteiger partial charge is 0.417 e. The number of piperidine rings is 1. The summed E-state index contributed by atoms with van der Waals surface area (Å²) in [4.78, 5) is 18.1. The van der Waals surface area contributed by atoms with Gasteiger partial charge in [-0.15, -0.1) is 0 Å². The first kappa shape index (κ1) is 22.1. The van der Waals surface area contributed by atoms with Gasteiger partial charge in [0, 0.05) is 41.4 Å². The van der Waals surface area contributed by atoms with E-state index in [1.165, 1.54) is 12.1 Å². The van der Waals surface area contributed by atoms with Gasteiger partial charge >= 0.3 is 6.18 Å². The van der Waals surface area contributed by atoms with Gasteiger partial charge in [0.15, 0.2) is 0 Å². The zero-order valence-electron chi connectivity index (χ0n) is 16.2. The molecule has 1 aromatic carbocycles. The number of amides is 1. The zero-order valence-corrected chi connectivity index (χ0v) is 17.8. The minimum absolute atomic E-state index is 0.00254. The van der Waals surface area contributed by atoms with Gasteiger partial charge < -0.3 is 15.0 Å². The molecular weight excluding hydrogens is 463 g/mol. The molecule has 0 aliphatic carbocycles. The van der Waals surface area contributed by atoms with E-state index in [0.717, 1.165) is 22.3 Å². The van der Waals surface area contributed by atoms with Crippen LogP contribution in [0.4, 0.5) is 19.0 Å². The molecule has 0 radical (unpaired) electrons. The Labute approximate surface area is 181 Å². The molecular formula is C21H21BrF3N3O2. The van der Waals surface area contributed by atoms with E-state index < -0.39 is 11.7 Å². The average molecular weight is 484 g/mol. The molecule has 2 aromatic rings. The number of anilines is 1. The molecule has 1 amide bonds. The number of carbonyl (C=O) groups is 1. The Balaban J connectivity index is 1.52. The zero-order chi connectivity index (χ0) is 21.7. The summed E-state index contributed by atoms with van der Waals surface area (Å²) in [5.74, 6) is 0.970. The molecule has 2 heterocycles. The van der Waals surface area contributed by atoms with Gasteiger partial charge in [-0.2, -0.15) is 13.2 Å². The van der Waals surface area contributed by atoms with Crippen LogP contribution in [0.2, 0.25) is 0 Å². The average Bonchev–Trinajstić information content (AvgIpc) is 2.72. The first-order chi connectivity index (χ1) is 14.3. The summed E-state index contributed by atoms with van der Waals surface area (Å²) in [5.41, 5.74) is 0.0208. The fourth-order valence-corrected chi connectivity index (χ4v) is 3.62. The standard InChI is InChI=1S/C21H21BrF3N3O2/c1-30-18-5-4-16(22)12-14(18)2-7-20(29)27-17-8-10-28(11-9-17)19-6-3-15(13-26-19)21(23,24)25/h2-7,12-13,17H,8-11H2,1H3,(H,27,29). The van der Waals surface area contributed by atoms with Gasteiger partial charge in [-0.25, -0.2) is 4.98 Å². The SMILES string of the molecule is COc1ccc(Br)cc1C=CC(=O)NC1CCN(c2ccc(C(F)(F)F)cn2)CC1. The Morgan fingerprint density at radius 1 is 1.27 bits per heavy atom. The monoisotopic (exact) mass is 483 g/mol. The van der Waals surface area contributed by atoms with E-state index >= 15 is 0 Å². The minimum atomic E-state index is -4.39. The van der Waals surface area contributed by atoms with Crippen molar-refractivity contribution in [3.05, 3.63) is 58.2 Å². The maximum Gasteiger partial charge on any atom is 0.417 e. The van der Waals surface area contributed by atoms with Gasteiger partial charge in [0.25, 0.3) is 0 Å². The Kier molecular flexibility index (Phi) is 7.02. The highest BCUT2D eigenvalue weighted by Crippen LogP contribution is 2.30. The van der Waals surface area contributed by atoms with Crippen molar-refractivity contribution < 1.29 is 22.7 Å². The third-order valence-electron chi connectivity index (χ3n) is 4.85. The predicted octanol–water partition coefficient (Wildman–Crippen LogP) is 4.67. The molecule has 1 aliphatic rings. The number of hydrogen-bond donors (Lipinski definition) is 1. The third-order valence-corrected chi connectivity index (χ3v) is 5.34. The fourth-order valence-electron chi connectivity index (χ4n) is 3.24. The molecule has 1 N–H and O–H groups in total. The van der Waals surface area contributed by atoms with E-state index in [-0.39, 0.29) is 11.9 Å². The van der Waals surface area contributed by atoms with Crippen LogP contribution >= 0.6 is 15.9 Å². The van der Waals surface area contributed by atoms with Crippen molar-refractivity contribution in [2.45, 2.75) is 25.1 Å². The third kappa shape index (κ3) is 5.75. The maximum atomic E-state index is 12.7. The second-order valence-corrected chi connectivity index (χ2v) is 7.81. The van der Waals surface area contributed by atoms with Crippen LogP contribution < -0.4 is 15.0 Å². The van der Waals surface area contributed by atoms with E-state index in [0.29, 0.717) is 37.5 Å². The molecule has 1 aromatic heterocycles. The van der Waals surface area contributed by atoms with Gasteiger partial charge in [-0.05, 0) is 49.2 Å². The van der Waals surface area contributed by atoms with E-state index in [9.17, 15) is 18.0 Å². The summed E-state index contributed by atoms with van der Waals surface area (Å²) in [7, 11) is 1.57. The van der Waals surface area contributed by atoms with Crippen LogP contribution in [0, 0.1) is 0 Å². The molecule has 3 rings (SSSR count). The highest BCUT2D eigenvalue weighted by Gasteiger charge is 2.31. The van der Waals surface area contributed by atoms with Crippen molar-refractivity contribution in [2.75, 3.05) is 25.1 Å². The van der Waals surface area contributed by atoms with Crippen molar-refractivity contribution in [1.82, 2.24) is 10.3 Å². The highest BCUT2D eigenvalue weighted by atomic mass is 79.9. The molecule has 0 bridgehead atoms. The molecule has 5 nitrogen and oxygen atoms in total. The van der Waals surface area contributed by atoms with E-state index in [4.69, 9.17) is 4.74 Å². The van der Waals surface area contributed by atoms with Crippen molar-refractivity contribution in [2.24, 2.45) is 0 Å². The summed E-state index contributed by atoms with van der Waals surface area (Å²) < 4.78 is 44.1. The number of ether oxygens (including phenoxy) is 1. The Hall–Kier alpha value is -2.55. The van der Waals surface area contributed by atoms with Gasteiger partial charge in [0.2, 0.25) is 5.91 Å². The maximum absolute atomic E-state index is 12.7. The lowest BCUT2D eigenvalue weighted by Crippen LogP contribution is -2.44. The summed E-state index contributed by atoms with van der Waals surface area (Å²) in [6, 6.07) is 7.95. The number of nitrogens with zero attached hydrogens (tertiary/aromatic N) is 2. The summed E-state index contributed by atoms with van der Waals surface area (Å²) in [5, 5.41) is 2.97. The number of methoxy groups -OCH3 is 1. The van der Waals surface area contributed by atoms with Crippen LogP contribution in [0.1, 0.15) is 24.0 Å². The highest BCUT2D eigenvalue weighted by molar-refractivity contribution is 9.10. The van der Waals surface area contributed by atoms with Gasteiger partial charge in [-0.1, -0.05) is 15.9 Å². The lowest BCUT2D eigenvalue weighted by molar-refractivity contribution is -0.137. The van der Waals surface area contributed by atoms with Gasteiger partial charge in [0.1, 0.15) is 11.6 Å². The van der Waals surface area contributed by atoms with Crippen molar-refractivity contribution in [3.8, 4) is 5.75 Å².